The van der Waals surface area contributed by atoms with Gasteiger partial charge in [0.2, 0.25) is 0 Å². The number of alkyl halides is 3. The first-order valence-electron chi connectivity index (χ1n) is 5.43. The normalized spacial score (nSPS) is 12.6. The maximum absolute atomic E-state index is 12.5. The minimum atomic E-state index is -4.38. The summed E-state index contributed by atoms with van der Waals surface area (Å²) in [6.07, 6.45) is -4.38. The van der Waals surface area contributed by atoms with Gasteiger partial charge in [-0.15, -0.1) is 0 Å². The third kappa shape index (κ3) is 3.89. The summed E-state index contributed by atoms with van der Waals surface area (Å²) in [4.78, 5) is 0. The number of aliphatic hydroxyl groups is 2. The minimum Gasteiger partial charge on any atom is -0.396 e. The summed E-state index contributed by atoms with van der Waals surface area (Å²) in [5, 5.41) is 20.9. The molecule has 6 heteroatoms. The molecule has 1 aromatic rings. The molecule has 0 radical (unpaired) electrons. The summed E-state index contributed by atoms with van der Waals surface area (Å²) in [5.74, 6) is 0. The Morgan fingerprint density at radius 3 is 2.28 bits per heavy atom. The van der Waals surface area contributed by atoms with Crippen molar-refractivity contribution in [2.75, 3.05) is 25.1 Å². The molecule has 0 aliphatic carbocycles. The van der Waals surface area contributed by atoms with Crippen LogP contribution < -0.4 is 5.32 Å². The summed E-state index contributed by atoms with van der Waals surface area (Å²) < 4.78 is 37.4. The van der Waals surface area contributed by atoms with Crippen LogP contribution in [0.4, 0.5) is 18.9 Å². The molecule has 0 atom stereocenters. The first kappa shape index (κ1) is 14.8. The van der Waals surface area contributed by atoms with E-state index in [1.807, 2.05) is 0 Å². The summed E-state index contributed by atoms with van der Waals surface area (Å²) in [6, 6.07) is 4.79. The molecule has 3 nitrogen and oxygen atoms in total. The smallest absolute Gasteiger partial charge is 0.396 e. The molecule has 0 spiro atoms. The lowest BCUT2D eigenvalue weighted by Gasteiger charge is -2.25. The van der Waals surface area contributed by atoms with Crippen molar-refractivity contribution in [2.24, 2.45) is 5.41 Å². The fourth-order valence-corrected chi connectivity index (χ4v) is 1.28. The first-order valence-corrected chi connectivity index (χ1v) is 5.43. The molecule has 0 saturated heterocycles. The second kappa shape index (κ2) is 5.58. The van der Waals surface area contributed by atoms with Gasteiger partial charge in [0.25, 0.3) is 0 Å². The van der Waals surface area contributed by atoms with Crippen molar-refractivity contribution >= 4 is 5.69 Å². The number of hydrogen-bond acceptors (Lipinski definition) is 3. The van der Waals surface area contributed by atoms with E-state index in [1.165, 1.54) is 12.1 Å². The van der Waals surface area contributed by atoms with Gasteiger partial charge in [-0.25, -0.2) is 0 Å². The topological polar surface area (TPSA) is 52.5 Å². The Bertz CT molecular complexity index is 389. The van der Waals surface area contributed by atoms with Gasteiger partial charge in [-0.3, -0.25) is 0 Å². The van der Waals surface area contributed by atoms with Crippen LogP contribution in [0.15, 0.2) is 24.3 Å². The molecule has 0 aliphatic rings. The zero-order valence-electron chi connectivity index (χ0n) is 9.96. The molecule has 0 unspecified atom stereocenters. The Labute approximate surface area is 103 Å². The number of aliphatic hydroxyl groups excluding tert-OH is 2. The Morgan fingerprint density at radius 1 is 1.17 bits per heavy atom. The Hall–Kier alpha value is -1.27. The molecule has 102 valence electrons. The molecule has 0 fully saturated rings. The summed E-state index contributed by atoms with van der Waals surface area (Å²) in [7, 11) is 0. The van der Waals surface area contributed by atoms with Crippen LogP contribution in [0.2, 0.25) is 0 Å². The molecule has 0 bridgehead atoms. The van der Waals surface area contributed by atoms with E-state index in [-0.39, 0.29) is 19.8 Å². The number of rotatable bonds is 5. The van der Waals surface area contributed by atoms with Crippen LogP contribution in [-0.2, 0) is 6.18 Å². The van der Waals surface area contributed by atoms with Crippen LogP contribution in [-0.4, -0.2) is 30.0 Å². The van der Waals surface area contributed by atoms with E-state index in [4.69, 9.17) is 10.2 Å². The molecule has 0 aliphatic heterocycles. The quantitative estimate of drug-likeness (QED) is 0.762. The molecule has 1 aromatic carbocycles. The van der Waals surface area contributed by atoms with Crippen LogP contribution >= 0.6 is 0 Å². The highest BCUT2D eigenvalue weighted by molar-refractivity contribution is 5.46. The van der Waals surface area contributed by atoms with Crippen molar-refractivity contribution in [1.29, 1.82) is 0 Å². The van der Waals surface area contributed by atoms with E-state index >= 15 is 0 Å². The number of benzene rings is 1. The van der Waals surface area contributed by atoms with Gasteiger partial charge < -0.3 is 15.5 Å². The molecule has 1 rings (SSSR count). The Morgan fingerprint density at radius 2 is 1.78 bits per heavy atom. The van der Waals surface area contributed by atoms with Gasteiger partial charge in [0, 0.05) is 17.6 Å². The molecular formula is C12H16F3NO2. The van der Waals surface area contributed by atoms with E-state index in [0.29, 0.717) is 5.69 Å². The SMILES string of the molecule is CC(CO)(CO)CNc1cccc(C(F)(F)F)c1. The largest absolute Gasteiger partial charge is 0.416 e. The third-order valence-electron chi connectivity index (χ3n) is 2.67. The van der Waals surface area contributed by atoms with Crippen molar-refractivity contribution < 1.29 is 23.4 Å². The van der Waals surface area contributed by atoms with E-state index in [2.05, 4.69) is 5.32 Å². The minimum absolute atomic E-state index is 0.182. The fourth-order valence-electron chi connectivity index (χ4n) is 1.28. The van der Waals surface area contributed by atoms with Gasteiger partial charge >= 0.3 is 6.18 Å². The van der Waals surface area contributed by atoms with Crippen molar-refractivity contribution in [3.8, 4) is 0 Å². The maximum atomic E-state index is 12.5. The monoisotopic (exact) mass is 263 g/mol. The predicted molar refractivity (Wildman–Crippen MR) is 62.2 cm³/mol. The number of anilines is 1. The van der Waals surface area contributed by atoms with Gasteiger partial charge in [-0.2, -0.15) is 13.2 Å². The predicted octanol–water partition coefficient (Wildman–Crippen LogP) is 2.11. The van der Waals surface area contributed by atoms with Crippen LogP contribution in [0.1, 0.15) is 12.5 Å². The summed E-state index contributed by atoms with van der Waals surface area (Å²) >= 11 is 0. The zero-order chi connectivity index (χ0) is 13.8. The molecule has 0 heterocycles. The standard InChI is InChI=1S/C12H16F3NO2/c1-11(7-17,8-18)6-16-10-4-2-3-9(5-10)12(13,14)15/h2-5,16-18H,6-8H2,1H3. The van der Waals surface area contributed by atoms with Gasteiger partial charge in [0.05, 0.1) is 18.8 Å². The highest BCUT2D eigenvalue weighted by atomic mass is 19.4. The van der Waals surface area contributed by atoms with Crippen LogP contribution in [0, 0.1) is 5.41 Å². The van der Waals surface area contributed by atoms with E-state index in [1.54, 1.807) is 6.92 Å². The van der Waals surface area contributed by atoms with Crippen molar-refractivity contribution in [2.45, 2.75) is 13.1 Å². The Balaban J connectivity index is 2.75. The lowest BCUT2D eigenvalue weighted by molar-refractivity contribution is -0.137. The van der Waals surface area contributed by atoms with Gasteiger partial charge in [0.15, 0.2) is 0 Å². The highest BCUT2D eigenvalue weighted by Crippen LogP contribution is 2.30. The van der Waals surface area contributed by atoms with Gasteiger partial charge in [-0.1, -0.05) is 13.0 Å². The average molecular weight is 263 g/mol. The maximum Gasteiger partial charge on any atom is 0.416 e. The second-order valence-electron chi connectivity index (χ2n) is 4.56. The number of halogens is 3. The molecular weight excluding hydrogens is 247 g/mol. The van der Waals surface area contributed by atoms with Gasteiger partial charge in [0.1, 0.15) is 0 Å². The molecule has 18 heavy (non-hydrogen) atoms. The third-order valence-corrected chi connectivity index (χ3v) is 2.67. The molecule has 0 saturated carbocycles. The lowest BCUT2D eigenvalue weighted by Crippen LogP contribution is -2.34. The van der Waals surface area contributed by atoms with Gasteiger partial charge in [-0.05, 0) is 18.2 Å². The molecule has 0 amide bonds. The molecule has 3 N–H and O–H groups in total. The first-order chi connectivity index (χ1) is 8.30. The second-order valence-corrected chi connectivity index (χ2v) is 4.56. The Kier molecular flexibility index (Phi) is 4.59. The zero-order valence-corrected chi connectivity index (χ0v) is 9.96. The van der Waals surface area contributed by atoms with Crippen molar-refractivity contribution in [3.05, 3.63) is 29.8 Å². The summed E-state index contributed by atoms with van der Waals surface area (Å²) in [5.41, 5.74) is -1.20. The average Bonchev–Trinajstić information content (AvgIpc) is 2.35. The summed E-state index contributed by atoms with van der Waals surface area (Å²) in [6.45, 7) is 1.31. The van der Waals surface area contributed by atoms with Crippen LogP contribution in [0.25, 0.3) is 0 Å². The number of hydrogen-bond donors (Lipinski definition) is 3. The van der Waals surface area contributed by atoms with E-state index in [9.17, 15) is 13.2 Å². The van der Waals surface area contributed by atoms with E-state index in [0.717, 1.165) is 12.1 Å². The highest BCUT2D eigenvalue weighted by Gasteiger charge is 2.30. The van der Waals surface area contributed by atoms with Crippen LogP contribution in [0.5, 0.6) is 0 Å². The van der Waals surface area contributed by atoms with Crippen molar-refractivity contribution in [1.82, 2.24) is 0 Å². The van der Waals surface area contributed by atoms with Crippen LogP contribution in [0.3, 0.4) is 0 Å². The van der Waals surface area contributed by atoms with Crippen molar-refractivity contribution in [3.63, 3.8) is 0 Å². The fraction of sp³-hybridized carbons (Fsp3) is 0.500. The van der Waals surface area contributed by atoms with E-state index < -0.39 is 17.2 Å². The number of nitrogens with one attached hydrogen (secondary N) is 1. The lowest BCUT2D eigenvalue weighted by atomic mass is 9.93. The molecule has 0 aromatic heterocycles.